The van der Waals surface area contributed by atoms with E-state index >= 15 is 0 Å². The van der Waals surface area contributed by atoms with Crippen LogP contribution in [-0.4, -0.2) is 72.7 Å². The highest BCUT2D eigenvalue weighted by Crippen LogP contribution is 2.31. The van der Waals surface area contributed by atoms with Crippen LogP contribution >= 0.6 is 0 Å². The van der Waals surface area contributed by atoms with Gasteiger partial charge >= 0.3 is 0 Å². The lowest BCUT2D eigenvalue weighted by Gasteiger charge is -2.26. The van der Waals surface area contributed by atoms with Gasteiger partial charge in [0.25, 0.3) is 0 Å². The number of sulfonamides is 1. The standard InChI is InChI=1S/C21H27N3O6S/c1-23(17-6-9-19(28-2)20(14-17)29-3)15-21(25)22-16-4-7-18(8-5-16)31(26,27)24-10-12-30-13-11-24/h4-9,14H,10-13,15H2,1-3H3,(H,22,25). The first-order valence-electron chi connectivity index (χ1n) is 9.76. The van der Waals surface area contributed by atoms with Crippen LogP contribution in [0.15, 0.2) is 47.4 Å². The van der Waals surface area contributed by atoms with Crippen LogP contribution in [-0.2, 0) is 19.6 Å². The van der Waals surface area contributed by atoms with Crippen LogP contribution in [0.5, 0.6) is 11.5 Å². The molecule has 0 unspecified atom stereocenters. The lowest BCUT2D eigenvalue weighted by molar-refractivity contribution is -0.114. The second-order valence-corrected chi connectivity index (χ2v) is 8.92. The predicted molar refractivity (Wildman–Crippen MR) is 117 cm³/mol. The van der Waals surface area contributed by atoms with E-state index in [1.165, 1.54) is 16.4 Å². The Bertz CT molecular complexity index is 1000. The van der Waals surface area contributed by atoms with Crippen LogP contribution in [0.1, 0.15) is 0 Å². The summed E-state index contributed by atoms with van der Waals surface area (Å²) >= 11 is 0. The van der Waals surface area contributed by atoms with E-state index in [9.17, 15) is 13.2 Å². The van der Waals surface area contributed by atoms with E-state index in [0.717, 1.165) is 5.69 Å². The molecule has 1 saturated heterocycles. The van der Waals surface area contributed by atoms with E-state index in [1.54, 1.807) is 50.4 Å². The van der Waals surface area contributed by atoms with Crippen LogP contribution in [0.2, 0.25) is 0 Å². The Balaban J connectivity index is 1.62. The topological polar surface area (TPSA) is 97.4 Å². The van der Waals surface area contributed by atoms with E-state index in [1.807, 2.05) is 6.07 Å². The molecule has 2 aromatic rings. The molecular weight excluding hydrogens is 422 g/mol. The van der Waals surface area contributed by atoms with Crippen molar-refractivity contribution in [2.75, 3.05) is 64.3 Å². The fourth-order valence-electron chi connectivity index (χ4n) is 3.22. The number of hydrogen-bond donors (Lipinski definition) is 1. The number of ether oxygens (including phenoxy) is 3. The van der Waals surface area contributed by atoms with Crippen molar-refractivity contribution < 1.29 is 27.4 Å². The molecule has 10 heteroatoms. The van der Waals surface area contributed by atoms with Crippen molar-refractivity contribution in [3.8, 4) is 11.5 Å². The van der Waals surface area contributed by atoms with Crippen molar-refractivity contribution >= 4 is 27.3 Å². The first kappa shape index (κ1) is 22.9. The number of nitrogens with zero attached hydrogens (tertiary/aromatic N) is 2. The summed E-state index contributed by atoms with van der Waals surface area (Å²) in [6.45, 7) is 1.55. The molecule has 1 fully saturated rings. The maximum Gasteiger partial charge on any atom is 0.243 e. The fourth-order valence-corrected chi connectivity index (χ4v) is 4.62. The predicted octanol–water partition coefficient (Wildman–Crippen LogP) is 1.80. The van der Waals surface area contributed by atoms with Crippen LogP contribution in [0.25, 0.3) is 0 Å². The number of carbonyl (C=O) groups is 1. The summed E-state index contributed by atoms with van der Waals surface area (Å²) < 4.78 is 42.5. The second kappa shape index (κ2) is 9.99. The van der Waals surface area contributed by atoms with Crippen molar-refractivity contribution in [3.63, 3.8) is 0 Å². The number of methoxy groups -OCH3 is 2. The van der Waals surface area contributed by atoms with Gasteiger partial charge in [0.1, 0.15) is 0 Å². The van der Waals surface area contributed by atoms with E-state index in [0.29, 0.717) is 43.5 Å². The average Bonchev–Trinajstić information content (AvgIpc) is 2.79. The highest BCUT2D eigenvalue weighted by Gasteiger charge is 2.26. The summed E-state index contributed by atoms with van der Waals surface area (Å²) in [6.07, 6.45) is 0. The van der Waals surface area contributed by atoms with Crippen molar-refractivity contribution in [2.45, 2.75) is 4.90 Å². The Morgan fingerprint density at radius 3 is 2.32 bits per heavy atom. The molecule has 1 amide bonds. The lowest BCUT2D eigenvalue weighted by atomic mass is 10.2. The molecule has 0 spiro atoms. The van der Waals surface area contributed by atoms with Gasteiger partial charge < -0.3 is 24.4 Å². The van der Waals surface area contributed by atoms with Crippen LogP contribution in [0.4, 0.5) is 11.4 Å². The Labute approximate surface area is 182 Å². The fraction of sp³-hybridized carbons (Fsp3) is 0.381. The Hall–Kier alpha value is -2.82. The third kappa shape index (κ3) is 5.46. The minimum atomic E-state index is -3.56. The Morgan fingerprint density at radius 2 is 1.71 bits per heavy atom. The molecule has 0 saturated carbocycles. The quantitative estimate of drug-likeness (QED) is 0.656. The van der Waals surface area contributed by atoms with Gasteiger partial charge in [-0.1, -0.05) is 0 Å². The molecule has 0 bridgehead atoms. The highest BCUT2D eigenvalue weighted by molar-refractivity contribution is 7.89. The summed E-state index contributed by atoms with van der Waals surface area (Å²) in [4.78, 5) is 14.4. The van der Waals surface area contributed by atoms with E-state index in [4.69, 9.17) is 14.2 Å². The Morgan fingerprint density at radius 1 is 1.06 bits per heavy atom. The zero-order valence-corrected chi connectivity index (χ0v) is 18.6. The summed E-state index contributed by atoms with van der Waals surface area (Å²) in [6, 6.07) is 11.6. The molecular formula is C21H27N3O6S. The number of amides is 1. The maximum absolute atomic E-state index is 12.7. The zero-order chi connectivity index (χ0) is 22.4. The minimum Gasteiger partial charge on any atom is -0.493 e. The number of likely N-dealkylation sites (N-methyl/N-ethyl adjacent to an activating group) is 1. The number of nitrogens with one attached hydrogen (secondary N) is 1. The first-order valence-corrected chi connectivity index (χ1v) is 11.2. The lowest BCUT2D eigenvalue weighted by Crippen LogP contribution is -2.40. The summed E-state index contributed by atoms with van der Waals surface area (Å²) in [7, 11) is 1.34. The van der Waals surface area contributed by atoms with Crippen molar-refractivity contribution in [1.29, 1.82) is 0 Å². The molecule has 0 aromatic heterocycles. The van der Waals surface area contributed by atoms with E-state index < -0.39 is 10.0 Å². The van der Waals surface area contributed by atoms with Gasteiger partial charge in [-0.15, -0.1) is 0 Å². The molecule has 3 rings (SSSR count). The zero-order valence-electron chi connectivity index (χ0n) is 17.8. The maximum atomic E-state index is 12.7. The summed E-state index contributed by atoms with van der Waals surface area (Å²) in [5, 5.41) is 2.79. The third-order valence-corrected chi connectivity index (χ3v) is 6.85. The first-order chi connectivity index (χ1) is 14.8. The van der Waals surface area contributed by atoms with E-state index in [-0.39, 0.29) is 17.3 Å². The van der Waals surface area contributed by atoms with Gasteiger partial charge in [-0.25, -0.2) is 8.42 Å². The molecule has 2 aromatic carbocycles. The van der Waals surface area contributed by atoms with Gasteiger partial charge in [-0.2, -0.15) is 4.31 Å². The number of anilines is 2. The summed E-state index contributed by atoms with van der Waals surface area (Å²) in [5.74, 6) is 0.946. The van der Waals surface area contributed by atoms with Crippen molar-refractivity contribution in [1.82, 2.24) is 4.31 Å². The molecule has 1 heterocycles. The van der Waals surface area contributed by atoms with Gasteiger partial charge in [0, 0.05) is 37.6 Å². The number of rotatable bonds is 8. The molecule has 1 aliphatic rings. The molecule has 1 aliphatic heterocycles. The average molecular weight is 450 g/mol. The smallest absolute Gasteiger partial charge is 0.243 e. The largest absolute Gasteiger partial charge is 0.493 e. The number of morpholine rings is 1. The highest BCUT2D eigenvalue weighted by atomic mass is 32.2. The number of benzene rings is 2. The van der Waals surface area contributed by atoms with Gasteiger partial charge in [0.2, 0.25) is 15.9 Å². The van der Waals surface area contributed by atoms with Crippen molar-refractivity contribution in [3.05, 3.63) is 42.5 Å². The minimum absolute atomic E-state index is 0.101. The van der Waals surface area contributed by atoms with E-state index in [2.05, 4.69) is 5.32 Å². The normalized spacial score (nSPS) is 14.7. The van der Waals surface area contributed by atoms with Crippen molar-refractivity contribution in [2.24, 2.45) is 0 Å². The molecule has 31 heavy (non-hydrogen) atoms. The molecule has 0 radical (unpaired) electrons. The monoisotopic (exact) mass is 449 g/mol. The van der Waals surface area contributed by atoms with Gasteiger partial charge in [0.15, 0.2) is 11.5 Å². The number of hydrogen-bond acceptors (Lipinski definition) is 7. The molecule has 1 N–H and O–H groups in total. The van der Waals surface area contributed by atoms with Crippen LogP contribution in [0.3, 0.4) is 0 Å². The number of carbonyl (C=O) groups excluding carboxylic acids is 1. The van der Waals surface area contributed by atoms with Gasteiger partial charge in [-0.3, -0.25) is 4.79 Å². The molecule has 9 nitrogen and oxygen atoms in total. The van der Waals surface area contributed by atoms with Gasteiger partial charge in [0.05, 0.1) is 38.9 Å². The third-order valence-electron chi connectivity index (χ3n) is 4.93. The second-order valence-electron chi connectivity index (χ2n) is 6.98. The molecule has 0 atom stereocenters. The Kier molecular flexibility index (Phi) is 7.37. The molecule has 168 valence electrons. The molecule has 0 aliphatic carbocycles. The van der Waals surface area contributed by atoms with Crippen LogP contribution in [0, 0.1) is 0 Å². The SMILES string of the molecule is COc1ccc(N(C)CC(=O)Nc2ccc(S(=O)(=O)N3CCOCC3)cc2)cc1OC. The summed E-state index contributed by atoms with van der Waals surface area (Å²) in [5.41, 5.74) is 1.31. The van der Waals surface area contributed by atoms with Gasteiger partial charge in [-0.05, 0) is 36.4 Å². The van der Waals surface area contributed by atoms with Crippen LogP contribution < -0.4 is 19.7 Å².